The molecule has 0 aliphatic carbocycles. The Morgan fingerprint density at radius 1 is 1.20 bits per heavy atom. The lowest BCUT2D eigenvalue weighted by Crippen LogP contribution is -1.93. The predicted octanol–water partition coefficient (Wildman–Crippen LogP) is 4.82. The smallest absolute Gasteiger partial charge is 0.258 e. The van der Waals surface area contributed by atoms with Gasteiger partial charge in [-0.1, -0.05) is 35.9 Å². The maximum absolute atomic E-state index is 13.4. The Hall–Kier alpha value is -1.59. The molecule has 0 atom stereocenters. The lowest BCUT2D eigenvalue weighted by atomic mass is 10.2. The minimum Gasteiger partial charge on any atom is -0.258 e. The van der Waals surface area contributed by atoms with Crippen LogP contribution in [0.1, 0.15) is 11.1 Å². The van der Waals surface area contributed by atoms with E-state index in [0.29, 0.717) is 22.1 Å². The summed E-state index contributed by atoms with van der Waals surface area (Å²) in [4.78, 5) is 9.79. The molecule has 0 bridgehead atoms. The van der Waals surface area contributed by atoms with E-state index in [1.54, 1.807) is 17.8 Å². The highest BCUT2D eigenvalue weighted by Gasteiger charge is 2.13. The van der Waals surface area contributed by atoms with Gasteiger partial charge in [0.25, 0.3) is 0 Å². The van der Waals surface area contributed by atoms with Crippen molar-refractivity contribution in [3.05, 3.63) is 74.5 Å². The van der Waals surface area contributed by atoms with Gasteiger partial charge < -0.3 is 0 Å². The first-order chi connectivity index (χ1) is 9.58. The Labute approximate surface area is 124 Å². The molecule has 0 aliphatic heterocycles. The normalized spacial score (nSPS) is 10.5. The van der Waals surface area contributed by atoms with Crippen molar-refractivity contribution in [2.24, 2.45) is 0 Å². The van der Waals surface area contributed by atoms with E-state index in [2.05, 4.69) is 0 Å². The third kappa shape index (κ3) is 3.71. The zero-order valence-corrected chi connectivity index (χ0v) is 12.0. The highest BCUT2D eigenvalue weighted by atomic mass is 35.5. The molecule has 2 rings (SSSR count). The largest absolute Gasteiger partial charge is 0.304 e. The summed E-state index contributed by atoms with van der Waals surface area (Å²) in [6.45, 7) is 0. The average Bonchev–Trinajstić information content (AvgIpc) is 2.40. The van der Waals surface area contributed by atoms with Gasteiger partial charge in [-0.25, -0.2) is 0 Å². The lowest BCUT2D eigenvalue weighted by Gasteiger charge is -2.04. The summed E-state index contributed by atoms with van der Waals surface area (Å²) in [7, 11) is 0. The number of nitro groups is 1. The van der Waals surface area contributed by atoms with Crippen LogP contribution in [-0.4, -0.2) is 4.92 Å². The van der Waals surface area contributed by atoms with E-state index in [0.717, 1.165) is 5.56 Å². The number of hydrogen-bond donors (Lipinski definition) is 0. The van der Waals surface area contributed by atoms with Gasteiger partial charge in [0.05, 0.1) is 4.92 Å². The van der Waals surface area contributed by atoms with Crippen molar-refractivity contribution in [2.75, 3.05) is 0 Å². The Bertz CT molecular complexity index is 636. The molecule has 2 aromatic carbocycles. The Morgan fingerprint density at radius 2 is 1.95 bits per heavy atom. The van der Waals surface area contributed by atoms with Crippen LogP contribution in [0.15, 0.2) is 42.5 Å². The molecular formula is C14H11ClFNO2S. The number of benzene rings is 2. The first-order valence-corrected chi connectivity index (χ1v) is 7.35. The van der Waals surface area contributed by atoms with E-state index in [9.17, 15) is 14.5 Å². The quantitative estimate of drug-likeness (QED) is 0.587. The second-order valence-electron chi connectivity index (χ2n) is 4.13. The van der Waals surface area contributed by atoms with Crippen LogP contribution in [0, 0.1) is 15.9 Å². The topological polar surface area (TPSA) is 43.1 Å². The van der Waals surface area contributed by atoms with Crippen molar-refractivity contribution in [3.63, 3.8) is 0 Å². The van der Waals surface area contributed by atoms with E-state index >= 15 is 0 Å². The second-order valence-corrected chi connectivity index (χ2v) is 5.52. The molecule has 0 amide bonds. The molecular weight excluding hydrogens is 301 g/mol. The van der Waals surface area contributed by atoms with Crippen LogP contribution in [0.25, 0.3) is 0 Å². The predicted molar refractivity (Wildman–Crippen MR) is 79.5 cm³/mol. The van der Waals surface area contributed by atoms with E-state index in [1.165, 1.54) is 12.1 Å². The number of halogens is 2. The van der Waals surface area contributed by atoms with Crippen molar-refractivity contribution >= 4 is 29.1 Å². The Balaban J connectivity index is 1.97. The minimum absolute atomic E-state index is 0.496. The monoisotopic (exact) mass is 311 g/mol. The fraction of sp³-hybridized carbons (Fsp3) is 0.143. The van der Waals surface area contributed by atoms with Crippen LogP contribution < -0.4 is 0 Å². The Kier molecular flexibility index (Phi) is 4.98. The molecule has 20 heavy (non-hydrogen) atoms. The number of nitro benzene ring substituents is 1. The van der Waals surface area contributed by atoms with Crippen LogP contribution in [0.2, 0.25) is 5.02 Å². The van der Waals surface area contributed by atoms with Crippen LogP contribution in [0.3, 0.4) is 0 Å². The van der Waals surface area contributed by atoms with E-state index in [1.807, 2.05) is 24.3 Å². The van der Waals surface area contributed by atoms with Crippen LogP contribution in [0.5, 0.6) is 0 Å². The molecule has 2 aromatic rings. The van der Waals surface area contributed by atoms with Gasteiger partial charge in [0, 0.05) is 22.6 Å². The molecule has 0 unspecified atom stereocenters. The summed E-state index contributed by atoms with van der Waals surface area (Å²) in [6.07, 6.45) is 0. The van der Waals surface area contributed by atoms with Gasteiger partial charge in [-0.2, -0.15) is 16.2 Å². The van der Waals surface area contributed by atoms with Crippen LogP contribution >= 0.6 is 23.4 Å². The van der Waals surface area contributed by atoms with Gasteiger partial charge in [0.15, 0.2) is 0 Å². The zero-order chi connectivity index (χ0) is 14.5. The summed E-state index contributed by atoms with van der Waals surface area (Å²) in [5.74, 6) is 0.476. The summed E-state index contributed by atoms with van der Waals surface area (Å²) < 4.78 is 13.4. The van der Waals surface area contributed by atoms with E-state index < -0.39 is 16.4 Å². The van der Waals surface area contributed by atoms with Gasteiger partial charge in [0.1, 0.15) is 0 Å². The van der Waals surface area contributed by atoms with Crippen LogP contribution in [-0.2, 0) is 11.5 Å². The molecule has 0 saturated heterocycles. The highest BCUT2D eigenvalue weighted by Crippen LogP contribution is 2.25. The molecule has 0 aromatic heterocycles. The first-order valence-electron chi connectivity index (χ1n) is 5.82. The highest BCUT2D eigenvalue weighted by molar-refractivity contribution is 7.97. The molecule has 3 nitrogen and oxygen atoms in total. The standard InChI is InChI=1S/C14H11ClFNO2S/c15-12-4-2-1-3-11(12)9-20-8-10-5-6-14(17(18)19)13(16)7-10/h1-7H,8-9H2. The van der Waals surface area contributed by atoms with E-state index in [-0.39, 0.29) is 0 Å². The average molecular weight is 312 g/mol. The van der Waals surface area contributed by atoms with Gasteiger partial charge in [-0.15, -0.1) is 0 Å². The zero-order valence-electron chi connectivity index (χ0n) is 10.4. The molecule has 0 aliphatic rings. The van der Waals surface area contributed by atoms with Gasteiger partial charge in [0.2, 0.25) is 5.82 Å². The lowest BCUT2D eigenvalue weighted by molar-refractivity contribution is -0.387. The van der Waals surface area contributed by atoms with Crippen LogP contribution in [0.4, 0.5) is 10.1 Å². The second kappa shape index (κ2) is 6.72. The molecule has 0 spiro atoms. The molecule has 0 saturated carbocycles. The summed E-state index contributed by atoms with van der Waals surface area (Å²) in [6, 6.07) is 11.5. The van der Waals surface area contributed by atoms with Crippen molar-refractivity contribution in [1.82, 2.24) is 0 Å². The van der Waals surface area contributed by atoms with Gasteiger partial charge >= 0.3 is 5.69 Å². The molecule has 0 N–H and O–H groups in total. The molecule has 104 valence electrons. The summed E-state index contributed by atoms with van der Waals surface area (Å²) >= 11 is 7.61. The van der Waals surface area contributed by atoms with E-state index in [4.69, 9.17) is 11.6 Å². The van der Waals surface area contributed by atoms with Crippen molar-refractivity contribution in [1.29, 1.82) is 0 Å². The first kappa shape index (κ1) is 14.8. The molecule has 0 heterocycles. The summed E-state index contributed by atoms with van der Waals surface area (Å²) in [5.41, 5.74) is 1.23. The van der Waals surface area contributed by atoms with Gasteiger partial charge in [-0.05, 0) is 23.3 Å². The number of nitrogens with zero attached hydrogens (tertiary/aromatic N) is 1. The minimum atomic E-state index is -0.800. The van der Waals surface area contributed by atoms with Crippen molar-refractivity contribution < 1.29 is 9.31 Å². The SMILES string of the molecule is O=[N+]([O-])c1ccc(CSCc2ccccc2Cl)cc1F. The molecule has 0 radical (unpaired) electrons. The molecule has 6 heteroatoms. The third-order valence-corrected chi connectivity index (χ3v) is 4.11. The number of rotatable bonds is 5. The maximum Gasteiger partial charge on any atom is 0.304 e. The summed E-state index contributed by atoms with van der Waals surface area (Å²) in [5, 5.41) is 11.2. The maximum atomic E-state index is 13.4. The van der Waals surface area contributed by atoms with Gasteiger partial charge in [-0.3, -0.25) is 10.1 Å². The molecule has 0 fully saturated rings. The number of hydrogen-bond acceptors (Lipinski definition) is 3. The van der Waals surface area contributed by atoms with Crippen molar-refractivity contribution in [2.45, 2.75) is 11.5 Å². The Morgan fingerprint density at radius 3 is 2.60 bits per heavy atom. The fourth-order valence-corrected chi connectivity index (χ4v) is 2.95. The number of thioether (sulfide) groups is 1. The fourth-order valence-electron chi connectivity index (χ4n) is 1.68. The third-order valence-electron chi connectivity index (χ3n) is 2.69. The van der Waals surface area contributed by atoms with Crippen molar-refractivity contribution in [3.8, 4) is 0 Å².